The van der Waals surface area contributed by atoms with Crippen LogP contribution in [0.3, 0.4) is 0 Å². The van der Waals surface area contributed by atoms with Crippen molar-refractivity contribution in [3.05, 3.63) is 22.8 Å². The number of hydrogen-bond acceptors (Lipinski definition) is 4. The van der Waals surface area contributed by atoms with E-state index in [1.165, 1.54) is 0 Å². The van der Waals surface area contributed by atoms with Crippen molar-refractivity contribution in [1.29, 1.82) is 0 Å². The van der Waals surface area contributed by atoms with Gasteiger partial charge in [0.15, 0.2) is 0 Å². The van der Waals surface area contributed by atoms with Crippen molar-refractivity contribution in [2.24, 2.45) is 0 Å². The predicted octanol–water partition coefficient (Wildman–Crippen LogP) is 0.443. The van der Waals surface area contributed by atoms with Gasteiger partial charge in [0.1, 0.15) is 6.04 Å². The summed E-state index contributed by atoms with van der Waals surface area (Å²) in [5.41, 5.74) is 2.18. The molecule has 1 saturated heterocycles. The number of nitrogens with zero attached hydrogens (tertiary/aromatic N) is 1. The van der Waals surface area contributed by atoms with Crippen molar-refractivity contribution in [2.45, 2.75) is 39.2 Å². The Hall–Kier alpha value is -2.24. The number of amides is 4. The molecule has 1 N–H and O–H groups in total. The fourth-order valence-corrected chi connectivity index (χ4v) is 2.54. The summed E-state index contributed by atoms with van der Waals surface area (Å²) in [6, 6.07) is -0.911. The molecule has 0 saturated carbocycles. The lowest BCUT2D eigenvalue weighted by Gasteiger charge is -2.29. The highest BCUT2D eigenvalue weighted by atomic mass is 16.2. The molecule has 1 atom stereocenters. The van der Waals surface area contributed by atoms with Gasteiger partial charge in [0.05, 0.1) is 0 Å². The van der Waals surface area contributed by atoms with Gasteiger partial charge in [-0.2, -0.15) is 0 Å². The monoisotopic (exact) mass is 276 g/mol. The molecule has 0 aromatic heterocycles. The minimum absolute atomic E-state index is 0.126. The first-order chi connectivity index (χ1) is 9.45. The first kappa shape index (κ1) is 14.2. The van der Waals surface area contributed by atoms with Crippen LogP contribution in [-0.4, -0.2) is 35.1 Å². The molecule has 4 amide bonds. The number of piperidine rings is 1. The standard InChI is InChI=1S/C14H16N2O4/c1-8-3-4-9(2)12(8)14(20)16(7-17)10-5-6-11(18)15-13(10)19/h3,7,10H,4-6H2,1-2H3,(H,15,18,19). The molecular weight excluding hydrogens is 260 g/mol. The van der Waals surface area contributed by atoms with E-state index in [0.717, 1.165) is 16.0 Å². The number of rotatable bonds is 3. The normalized spacial score (nSPS) is 22.5. The van der Waals surface area contributed by atoms with Crippen LogP contribution < -0.4 is 5.32 Å². The molecule has 1 unspecified atom stereocenters. The van der Waals surface area contributed by atoms with E-state index < -0.39 is 17.9 Å². The van der Waals surface area contributed by atoms with Crippen LogP contribution in [0.5, 0.6) is 0 Å². The SMILES string of the molecule is CC1=CCC(C)=C1C(=O)N(C=O)C1CCC(=O)NC1=O. The van der Waals surface area contributed by atoms with E-state index in [4.69, 9.17) is 0 Å². The Labute approximate surface area is 116 Å². The second-order valence-electron chi connectivity index (χ2n) is 5.03. The quantitative estimate of drug-likeness (QED) is 0.599. The molecule has 6 nitrogen and oxygen atoms in total. The fourth-order valence-electron chi connectivity index (χ4n) is 2.54. The third-order valence-electron chi connectivity index (χ3n) is 3.64. The van der Waals surface area contributed by atoms with Crippen LogP contribution in [0.25, 0.3) is 0 Å². The second-order valence-corrected chi connectivity index (χ2v) is 5.03. The van der Waals surface area contributed by atoms with E-state index in [9.17, 15) is 19.2 Å². The molecule has 0 aromatic rings. The number of hydrogen-bond donors (Lipinski definition) is 1. The highest BCUT2D eigenvalue weighted by Gasteiger charge is 2.36. The van der Waals surface area contributed by atoms with Crippen molar-refractivity contribution in [2.75, 3.05) is 0 Å². The molecule has 6 heteroatoms. The summed E-state index contributed by atoms with van der Waals surface area (Å²) in [6.07, 6.45) is 3.25. The Bertz CT molecular complexity index is 560. The molecule has 1 aliphatic carbocycles. The molecule has 1 heterocycles. The van der Waals surface area contributed by atoms with Gasteiger partial charge < -0.3 is 0 Å². The van der Waals surface area contributed by atoms with Gasteiger partial charge in [-0.1, -0.05) is 11.6 Å². The molecular formula is C14H16N2O4. The van der Waals surface area contributed by atoms with Gasteiger partial charge in [0.2, 0.25) is 18.2 Å². The summed E-state index contributed by atoms with van der Waals surface area (Å²) in [5, 5.41) is 2.15. The third kappa shape index (κ3) is 2.41. The van der Waals surface area contributed by atoms with Gasteiger partial charge >= 0.3 is 0 Å². The maximum atomic E-state index is 12.5. The topological polar surface area (TPSA) is 83.6 Å². The zero-order valence-electron chi connectivity index (χ0n) is 11.4. The number of nitrogens with one attached hydrogen (secondary N) is 1. The lowest BCUT2D eigenvalue weighted by Crippen LogP contribution is -2.54. The largest absolute Gasteiger partial charge is 0.295 e. The van der Waals surface area contributed by atoms with Gasteiger partial charge in [-0.15, -0.1) is 0 Å². The zero-order chi connectivity index (χ0) is 14.9. The van der Waals surface area contributed by atoms with E-state index in [-0.39, 0.29) is 18.7 Å². The average molecular weight is 276 g/mol. The smallest absolute Gasteiger partial charge is 0.261 e. The Morgan fingerprint density at radius 1 is 1.40 bits per heavy atom. The number of allylic oxidation sites excluding steroid dienone is 2. The summed E-state index contributed by atoms with van der Waals surface area (Å²) in [4.78, 5) is 47.5. The highest BCUT2D eigenvalue weighted by molar-refractivity contribution is 6.09. The Morgan fingerprint density at radius 3 is 2.60 bits per heavy atom. The van der Waals surface area contributed by atoms with Gasteiger partial charge in [-0.25, -0.2) is 0 Å². The van der Waals surface area contributed by atoms with Gasteiger partial charge in [-0.3, -0.25) is 29.4 Å². The third-order valence-corrected chi connectivity index (χ3v) is 3.64. The first-order valence-electron chi connectivity index (χ1n) is 6.44. The Balaban J connectivity index is 2.25. The van der Waals surface area contributed by atoms with Crippen molar-refractivity contribution in [3.63, 3.8) is 0 Å². The van der Waals surface area contributed by atoms with Crippen LogP contribution in [0.15, 0.2) is 22.8 Å². The zero-order valence-corrected chi connectivity index (χ0v) is 11.4. The van der Waals surface area contributed by atoms with Crippen LogP contribution in [0.4, 0.5) is 0 Å². The lowest BCUT2D eigenvalue weighted by molar-refractivity contribution is -0.148. The molecule has 2 rings (SSSR count). The summed E-state index contributed by atoms with van der Waals surface area (Å²) >= 11 is 0. The van der Waals surface area contributed by atoms with Crippen LogP contribution >= 0.6 is 0 Å². The molecule has 1 fully saturated rings. The van der Waals surface area contributed by atoms with E-state index in [0.29, 0.717) is 18.4 Å². The maximum absolute atomic E-state index is 12.5. The van der Waals surface area contributed by atoms with Gasteiger partial charge in [0.25, 0.3) is 5.91 Å². The van der Waals surface area contributed by atoms with Gasteiger partial charge in [-0.05, 0) is 32.3 Å². The van der Waals surface area contributed by atoms with Crippen LogP contribution in [-0.2, 0) is 19.2 Å². The molecule has 0 bridgehead atoms. The van der Waals surface area contributed by atoms with E-state index in [1.54, 1.807) is 6.92 Å². The van der Waals surface area contributed by atoms with E-state index in [2.05, 4.69) is 5.32 Å². The van der Waals surface area contributed by atoms with Crippen molar-refractivity contribution >= 4 is 24.1 Å². The first-order valence-corrected chi connectivity index (χ1v) is 6.44. The van der Waals surface area contributed by atoms with E-state index >= 15 is 0 Å². The van der Waals surface area contributed by atoms with Crippen molar-refractivity contribution in [1.82, 2.24) is 10.2 Å². The minimum atomic E-state index is -0.911. The van der Waals surface area contributed by atoms with Crippen LogP contribution in [0.1, 0.15) is 33.1 Å². The van der Waals surface area contributed by atoms with Gasteiger partial charge in [0, 0.05) is 12.0 Å². The highest BCUT2D eigenvalue weighted by Crippen LogP contribution is 2.28. The van der Waals surface area contributed by atoms with Crippen molar-refractivity contribution < 1.29 is 19.2 Å². The van der Waals surface area contributed by atoms with Crippen LogP contribution in [0.2, 0.25) is 0 Å². The van der Waals surface area contributed by atoms with E-state index in [1.807, 2.05) is 13.0 Å². The lowest BCUT2D eigenvalue weighted by atomic mass is 10.0. The number of carbonyl (C=O) groups excluding carboxylic acids is 4. The molecule has 106 valence electrons. The Kier molecular flexibility index (Phi) is 3.83. The summed E-state index contributed by atoms with van der Waals surface area (Å²) < 4.78 is 0. The average Bonchev–Trinajstić information content (AvgIpc) is 2.72. The van der Waals surface area contributed by atoms with Crippen molar-refractivity contribution in [3.8, 4) is 0 Å². The summed E-state index contributed by atoms with van der Waals surface area (Å²) in [7, 11) is 0. The predicted molar refractivity (Wildman–Crippen MR) is 70.2 cm³/mol. The molecule has 20 heavy (non-hydrogen) atoms. The summed E-state index contributed by atoms with van der Waals surface area (Å²) in [5.74, 6) is -1.45. The fraction of sp³-hybridized carbons (Fsp3) is 0.429. The number of carbonyl (C=O) groups is 4. The summed E-state index contributed by atoms with van der Waals surface area (Å²) in [6.45, 7) is 3.63. The molecule has 1 aliphatic heterocycles. The van der Waals surface area contributed by atoms with Crippen LogP contribution in [0, 0.1) is 0 Å². The molecule has 2 aliphatic rings. The molecule has 0 radical (unpaired) electrons. The maximum Gasteiger partial charge on any atom is 0.261 e. The molecule has 0 spiro atoms. The second kappa shape index (κ2) is 5.40. The minimum Gasteiger partial charge on any atom is -0.295 e. The molecule has 0 aromatic carbocycles. The Morgan fingerprint density at radius 2 is 2.10 bits per heavy atom. The number of imide groups is 2.